The summed E-state index contributed by atoms with van der Waals surface area (Å²) in [5.74, 6) is -3.68. The fourth-order valence-electron chi connectivity index (χ4n) is 2.85. The number of pyridine rings is 2. The van der Waals surface area contributed by atoms with Gasteiger partial charge in [0, 0.05) is 12.4 Å². The topological polar surface area (TPSA) is 73.2 Å². The number of hydrogen-bond donors (Lipinski definition) is 1. The molecule has 9 heteroatoms. The van der Waals surface area contributed by atoms with Crippen molar-refractivity contribution in [3.63, 3.8) is 0 Å². The van der Waals surface area contributed by atoms with Gasteiger partial charge in [0.2, 0.25) is 5.43 Å². The second-order valence-corrected chi connectivity index (χ2v) is 5.86. The van der Waals surface area contributed by atoms with E-state index in [9.17, 15) is 22.8 Å². The van der Waals surface area contributed by atoms with E-state index < -0.39 is 35.4 Å². The SMILES string of the molecule is COc1c(F)cc2c(=O)c(C(=O)NCc3ccccn3)cn(CCF)c2c1F. The van der Waals surface area contributed by atoms with Gasteiger partial charge < -0.3 is 14.6 Å². The number of ether oxygens (including phenoxy) is 1. The molecule has 0 aliphatic rings. The molecule has 0 aliphatic heterocycles. The largest absolute Gasteiger partial charge is 0.491 e. The molecular weight excluding hydrogens is 375 g/mol. The van der Waals surface area contributed by atoms with Gasteiger partial charge in [0.1, 0.15) is 12.2 Å². The van der Waals surface area contributed by atoms with Crippen LogP contribution in [0.2, 0.25) is 0 Å². The van der Waals surface area contributed by atoms with Crippen LogP contribution in [0.15, 0.2) is 41.5 Å². The molecule has 0 fully saturated rings. The first-order valence-corrected chi connectivity index (χ1v) is 8.31. The van der Waals surface area contributed by atoms with Crippen LogP contribution < -0.4 is 15.5 Å². The van der Waals surface area contributed by atoms with E-state index in [2.05, 4.69) is 15.0 Å². The number of hydrogen-bond acceptors (Lipinski definition) is 4. The lowest BCUT2D eigenvalue weighted by molar-refractivity contribution is 0.0948. The number of nitrogens with zero attached hydrogens (tertiary/aromatic N) is 2. The monoisotopic (exact) mass is 391 g/mol. The molecule has 146 valence electrons. The number of aromatic nitrogens is 2. The third-order valence-electron chi connectivity index (χ3n) is 4.14. The van der Waals surface area contributed by atoms with Crippen molar-refractivity contribution in [2.45, 2.75) is 13.1 Å². The van der Waals surface area contributed by atoms with E-state index in [1.54, 1.807) is 24.4 Å². The molecule has 1 aromatic carbocycles. The normalized spacial score (nSPS) is 10.9. The Bertz CT molecular complexity index is 1080. The van der Waals surface area contributed by atoms with Crippen LogP contribution >= 0.6 is 0 Å². The molecule has 0 radical (unpaired) electrons. The number of benzene rings is 1. The van der Waals surface area contributed by atoms with Crippen molar-refractivity contribution >= 4 is 16.8 Å². The molecule has 3 rings (SSSR count). The zero-order valence-electron chi connectivity index (χ0n) is 14.8. The van der Waals surface area contributed by atoms with Gasteiger partial charge in [-0.1, -0.05) is 6.07 Å². The molecule has 0 bridgehead atoms. The lowest BCUT2D eigenvalue weighted by Crippen LogP contribution is -2.30. The van der Waals surface area contributed by atoms with Gasteiger partial charge in [-0.2, -0.15) is 0 Å². The Kier molecular flexibility index (Phi) is 5.62. The van der Waals surface area contributed by atoms with Gasteiger partial charge in [-0.25, -0.2) is 13.2 Å². The maximum atomic E-state index is 14.6. The smallest absolute Gasteiger partial charge is 0.257 e. The van der Waals surface area contributed by atoms with Gasteiger partial charge in [-0.15, -0.1) is 0 Å². The van der Waals surface area contributed by atoms with Gasteiger partial charge in [-0.05, 0) is 18.2 Å². The van der Waals surface area contributed by atoms with Crippen molar-refractivity contribution in [2.24, 2.45) is 0 Å². The van der Waals surface area contributed by atoms with Crippen molar-refractivity contribution in [3.05, 3.63) is 69.8 Å². The predicted octanol–water partition coefficient (Wildman–Crippen LogP) is 2.58. The highest BCUT2D eigenvalue weighted by Crippen LogP contribution is 2.28. The van der Waals surface area contributed by atoms with Crippen molar-refractivity contribution in [1.29, 1.82) is 0 Å². The molecule has 1 N–H and O–H groups in total. The van der Waals surface area contributed by atoms with Crippen LogP contribution in [0.3, 0.4) is 0 Å². The van der Waals surface area contributed by atoms with E-state index in [-0.39, 0.29) is 29.6 Å². The van der Waals surface area contributed by atoms with E-state index >= 15 is 0 Å². The molecule has 3 aromatic rings. The summed E-state index contributed by atoms with van der Waals surface area (Å²) in [7, 11) is 1.07. The molecule has 0 unspecified atom stereocenters. The minimum absolute atomic E-state index is 0.0472. The van der Waals surface area contributed by atoms with Crippen LogP contribution in [0.5, 0.6) is 5.75 Å². The summed E-state index contributed by atoms with van der Waals surface area (Å²) in [6.07, 6.45) is 2.60. The van der Waals surface area contributed by atoms with Gasteiger partial charge in [0.25, 0.3) is 5.91 Å². The minimum atomic E-state index is -1.14. The molecule has 6 nitrogen and oxygen atoms in total. The fraction of sp³-hybridized carbons (Fsp3) is 0.211. The number of alkyl halides is 1. The molecular formula is C19H16F3N3O3. The van der Waals surface area contributed by atoms with E-state index in [1.165, 1.54) is 0 Å². The lowest BCUT2D eigenvalue weighted by Gasteiger charge is -2.15. The molecule has 0 saturated carbocycles. The van der Waals surface area contributed by atoms with Crippen molar-refractivity contribution in [1.82, 2.24) is 14.9 Å². The molecule has 0 aliphatic carbocycles. The molecule has 28 heavy (non-hydrogen) atoms. The van der Waals surface area contributed by atoms with Gasteiger partial charge in [0.05, 0.1) is 36.8 Å². The molecule has 0 spiro atoms. The molecule has 2 aromatic heterocycles. The van der Waals surface area contributed by atoms with Crippen molar-refractivity contribution in [2.75, 3.05) is 13.8 Å². The molecule has 2 heterocycles. The Hall–Kier alpha value is -3.36. The maximum absolute atomic E-state index is 14.6. The molecule has 0 atom stereocenters. The quantitative estimate of drug-likeness (QED) is 0.701. The zero-order chi connectivity index (χ0) is 20.3. The third-order valence-corrected chi connectivity index (χ3v) is 4.14. The zero-order valence-corrected chi connectivity index (χ0v) is 14.8. The van der Waals surface area contributed by atoms with Crippen molar-refractivity contribution < 1.29 is 22.7 Å². The van der Waals surface area contributed by atoms with Crippen LogP contribution in [0.1, 0.15) is 16.1 Å². The number of fused-ring (bicyclic) bond motifs is 1. The highest BCUT2D eigenvalue weighted by Gasteiger charge is 2.22. The first-order valence-electron chi connectivity index (χ1n) is 8.31. The number of amides is 1. The summed E-state index contributed by atoms with van der Waals surface area (Å²) >= 11 is 0. The summed E-state index contributed by atoms with van der Waals surface area (Å²) in [6, 6.07) is 5.91. The Balaban J connectivity index is 2.09. The summed E-state index contributed by atoms with van der Waals surface area (Å²) in [6.45, 7) is -1.17. The highest BCUT2D eigenvalue weighted by molar-refractivity contribution is 5.97. The Morgan fingerprint density at radius 2 is 2.11 bits per heavy atom. The maximum Gasteiger partial charge on any atom is 0.257 e. The Labute approximate surface area is 157 Å². The van der Waals surface area contributed by atoms with E-state index in [0.29, 0.717) is 5.69 Å². The van der Waals surface area contributed by atoms with E-state index in [0.717, 1.165) is 23.9 Å². The van der Waals surface area contributed by atoms with Crippen LogP contribution in [-0.4, -0.2) is 29.2 Å². The first-order chi connectivity index (χ1) is 13.5. The van der Waals surface area contributed by atoms with Crippen LogP contribution in [0.4, 0.5) is 13.2 Å². The number of rotatable bonds is 6. The summed E-state index contributed by atoms with van der Waals surface area (Å²) in [4.78, 5) is 29.2. The van der Waals surface area contributed by atoms with Crippen LogP contribution in [-0.2, 0) is 13.1 Å². The van der Waals surface area contributed by atoms with Crippen molar-refractivity contribution in [3.8, 4) is 5.75 Å². The summed E-state index contributed by atoms with van der Waals surface area (Å²) in [5, 5.41) is 2.14. The first kappa shape index (κ1) is 19.4. The van der Waals surface area contributed by atoms with Crippen LogP contribution in [0.25, 0.3) is 10.9 Å². The lowest BCUT2D eigenvalue weighted by atomic mass is 10.1. The van der Waals surface area contributed by atoms with Gasteiger partial charge >= 0.3 is 0 Å². The second kappa shape index (κ2) is 8.12. The Morgan fingerprint density at radius 1 is 1.32 bits per heavy atom. The fourth-order valence-corrected chi connectivity index (χ4v) is 2.85. The standard InChI is InChI=1S/C19H16F3N3O3/c1-28-18-14(21)8-12-16(15(18)22)25(7-5-20)10-13(17(12)26)19(27)24-9-11-4-2-3-6-23-11/h2-4,6,8,10H,5,7,9H2,1H3,(H,24,27). The second-order valence-electron chi connectivity index (χ2n) is 5.86. The predicted molar refractivity (Wildman–Crippen MR) is 96.1 cm³/mol. The van der Waals surface area contributed by atoms with E-state index in [1.807, 2.05) is 0 Å². The average molecular weight is 391 g/mol. The molecule has 1 amide bonds. The number of aryl methyl sites for hydroxylation is 1. The van der Waals surface area contributed by atoms with Gasteiger partial charge in [-0.3, -0.25) is 14.6 Å². The number of carbonyl (C=O) groups excluding carboxylic acids is 1. The van der Waals surface area contributed by atoms with Crippen LogP contribution in [0, 0.1) is 11.6 Å². The van der Waals surface area contributed by atoms with E-state index in [4.69, 9.17) is 0 Å². The molecule has 0 saturated heterocycles. The van der Waals surface area contributed by atoms with Gasteiger partial charge in [0.15, 0.2) is 17.4 Å². The minimum Gasteiger partial charge on any atom is -0.491 e. The highest BCUT2D eigenvalue weighted by atomic mass is 19.1. The average Bonchev–Trinajstić information content (AvgIpc) is 2.69. The Morgan fingerprint density at radius 3 is 2.75 bits per heavy atom. The third kappa shape index (κ3) is 3.55. The number of nitrogens with one attached hydrogen (secondary N) is 1. The number of carbonyl (C=O) groups is 1. The summed E-state index contributed by atoms with van der Waals surface area (Å²) < 4.78 is 47.4. The summed E-state index contributed by atoms with van der Waals surface area (Å²) in [5.41, 5.74) is -1.00. The number of methoxy groups -OCH3 is 1. The number of halogens is 3.